The zero-order chi connectivity index (χ0) is 66.1. The van der Waals surface area contributed by atoms with Gasteiger partial charge < -0.3 is 163 Å². The molecule has 10 N–H and O–H groups in total. The van der Waals surface area contributed by atoms with Gasteiger partial charge in [0.15, 0.2) is 31.4 Å². The first-order valence-corrected chi connectivity index (χ1v) is 26.8. The number of carbonyl (C=O) groups is 8. The van der Waals surface area contributed by atoms with Crippen LogP contribution in [0.1, 0.15) is 83.1 Å². The molecular weight excluding hydrogens is 1310 g/mol. The molecule has 5 heterocycles. The van der Waals surface area contributed by atoms with Crippen molar-refractivity contribution in [1.29, 1.82) is 0 Å². The van der Waals surface area contributed by atoms with E-state index in [4.69, 9.17) is 47.4 Å². The molecule has 0 radical (unpaired) electrons. The fraction of sp³-hybridized carbons (Fsp3) is 0.846. The molecule has 13 unspecified atom stereocenters. The molecule has 5 fully saturated rings. The molecule has 494 valence electrons. The SMILES string of the molecule is CC(C)(C)[C@H]1C(C(=O)[O-])O[C@H](OC(C=O)C(OC(C=O)O[C@H]2C(C(=O)[O-])O[C@H](C(C)(C)C)[C@H](O)C2O)C(=O)[O-])[C@H](O)C1O.CC(C)(C)[C@H]1C(C(=O)[O-])O[C@H](O[C@H]2C(C(=O)[O-])O[C@H](O[C@H]3C(C(=O)[O-])O[C@H](C(C)(C)C)[C@H](O)C3O)[C@H](O)C2O)[C@H](O)C1O.[Na+].[Na+].[Na+].[Na+].[Na+].[Na+]. The fourth-order valence-electron chi connectivity index (χ4n) is 10.7. The van der Waals surface area contributed by atoms with E-state index in [9.17, 15) is 120 Å². The molecule has 92 heavy (non-hydrogen) atoms. The molecule has 0 spiro atoms. The van der Waals surface area contributed by atoms with Crippen molar-refractivity contribution in [2.24, 2.45) is 33.5 Å². The van der Waals surface area contributed by atoms with Gasteiger partial charge in [-0.15, -0.1) is 0 Å². The molecule has 0 saturated carbocycles. The first-order valence-electron chi connectivity index (χ1n) is 26.8. The van der Waals surface area contributed by atoms with E-state index in [0.717, 1.165) is 0 Å². The largest absolute Gasteiger partial charge is 1.00 e. The smallest absolute Gasteiger partial charge is 0.547 e. The Morgan fingerprint density at radius 1 is 0.370 bits per heavy atom. The zero-order valence-electron chi connectivity index (χ0n) is 54.6. The summed E-state index contributed by atoms with van der Waals surface area (Å²) in [5, 5.41) is 178. The summed E-state index contributed by atoms with van der Waals surface area (Å²) in [5.41, 5.74) is -3.66. The molecule has 0 aliphatic carbocycles. The van der Waals surface area contributed by atoms with E-state index < -0.39 is 229 Å². The average molecular weight is 1380 g/mol. The molecule has 0 bridgehead atoms. The van der Waals surface area contributed by atoms with Crippen molar-refractivity contribution < 1.29 is 345 Å². The number of carboxylic acid groups (broad SMARTS) is 6. The predicted octanol–water partition coefficient (Wildman–Crippen LogP) is -31.1. The number of aliphatic carboxylic acids is 6. The molecule has 0 amide bonds. The summed E-state index contributed by atoms with van der Waals surface area (Å²) < 4.78 is 52.5. The standard InChI is InChI=1S/C26H42O17.C26H40O17.6Na/c1-25(2,3)7-8(27)12(31)23(40-14(7)20(33)34)42-16-10(29)13(32)24(43-18(16)22(37)38)41-15-9(28)11(30)19(26(4,5)6)39-17(15)21(35)36;1-25(2,3)11-12(29)15(32)24(43-17(11)22(35)36)39-9(7-27)16(21(33)34)40-10(8-28)41-18-13(30)14(31)20(26(4,5)6)42-19(18)23(37)38;;;;;;/h7-19,23-24,27-32H,1-6H3,(H,33,34)(H,35,36)(H,37,38);7-20,24,29-32H,1-6H3,(H,33,34)(H,35,36)(H,37,38);;;;;;/q;;6*+1/p-6/t7-,8?,9?,10?,11-,12-,13-,14?,15-,16-,17?,18?,19+,23-,24+;9?,10?,11-,12?,13?,14-,15-,16?,17?,18-,19?,20+,24+;;;;;;/m11....../s1. The molecule has 5 aliphatic rings. The molecule has 0 aromatic rings. The minimum Gasteiger partial charge on any atom is -0.547 e. The maximum atomic E-state index is 12.0. The minimum absolute atomic E-state index is 0. The van der Waals surface area contributed by atoms with Crippen molar-refractivity contribution in [3.63, 3.8) is 0 Å². The summed E-state index contributed by atoms with van der Waals surface area (Å²) in [6.45, 7) is 18.9. The number of aliphatic hydroxyl groups is 10. The van der Waals surface area contributed by atoms with E-state index in [1.165, 1.54) is 0 Å². The summed E-state index contributed by atoms with van der Waals surface area (Å²) in [6.07, 6.45) is -52.4. The van der Waals surface area contributed by atoms with Crippen LogP contribution in [0.4, 0.5) is 0 Å². The van der Waals surface area contributed by atoms with Crippen LogP contribution in [0.2, 0.25) is 0 Å². The number of carbonyl (C=O) groups excluding carboxylic acids is 8. The average Bonchev–Trinajstić information content (AvgIpc) is 0.871. The van der Waals surface area contributed by atoms with Crippen LogP contribution in [0.5, 0.6) is 0 Å². The Bertz CT molecular complexity index is 2390. The van der Waals surface area contributed by atoms with Crippen molar-refractivity contribution in [2.45, 2.75) is 243 Å². The van der Waals surface area contributed by atoms with Gasteiger partial charge in [-0.3, -0.25) is 4.79 Å². The summed E-state index contributed by atoms with van der Waals surface area (Å²) in [6, 6.07) is 0. The molecule has 0 aromatic carbocycles. The van der Waals surface area contributed by atoms with Gasteiger partial charge in [-0.1, -0.05) is 83.1 Å². The Morgan fingerprint density at radius 3 is 0.978 bits per heavy atom. The number of ether oxygens (including phenoxy) is 10. The number of carboxylic acids is 6. The number of rotatable bonds is 19. The molecule has 5 aliphatic heterocycles. The summed E-state index contributed by atoms with van der Waals surface area (Å²) in [5.74, 6) is -14.1. The molecular formula is C52H76Na6O34. The van der Waals surface area contributed by atoms with E-state index in [1.54, 1.807) is 83.1 Å². The minimum atomic E-state index is -2.56. The Labute approximate surface area is 661 Å². The van der Waals surface area contributed by atoms with E-state index in [-0.39, 0.29) is 190 Å². The fourth-order valence-corrected chi connectivity index (χ4v) is 10.7. The summed E-state index contributed by atoms with van der Waals surface area (Å²) in [7, 11) is 0. The van der Waals surface area contributed by atoms with Crippen molar-refractivity contribution in [3.8, 4) is 0 Å². The van der Waals surface area contributed by atoms with Crippen LogP contribution in [0.3, 0.4) is 0 Å². The molecule has 34 nitrogen and oxygen atoms in total. The second-order valence-electron chi connectivity index (χ2n) is 25.7. The van der Waals surface area contributed by atoms with Gasteiger partial charge in [-0.05, 0) is 21.7 Å². The third-order valence-corrected chi connectivity index (χ3v) is 15.0. The van der Waals surface area contributed by atoms with E-state index in [2.05, 4.69) is 0 Å². The van der Waals surface area contributed by atoms with Crippen LogP contribution < -0.4 is 208 Å². The maximum absolute atomic E-state index is 12.0. The first kappa shape index (κ1) is 97.5. The van der Waals surface area contributed by atoms with Crippen LogP contribution in [-0.2, 0) is 85.7 Å². The molecule has 40 heteroatoms. The van der Waals surface area contributed by atoms with Gasteiger partial charge in [0.05, 0.1) is 60.2 Å². The van der Waals surface area contributed by atoms with Gasteiger partial charge in [0.2, 0.25) is 6.29 Å². The van der Waals surface area contributed by atoms with Crippen LogP contribution in [-0.4, -0.2) is 259 Å². The summed E-state index contributed by atoms with van der Waals surface area (Å²) >= 11 is 0. The van der Waals surface area contributed by atoms with Crippen LogP contribution in [0.25, 0.3) is 0 Å². The van der Waals surface area contributed by atoms with E-state index in [0.29, 0.717) is 0 Å². The van der Waals surface area contributed by atoms with Gasteiger partial charge in [0.25, 0.3) is 0 Å². The van der Waals surface area contributed by atoms with Gasteiger partial charge >= 0.3 is 177 Å². The third kappa shape index (κ3) is 23.7. The Morgan fingerprint density at radius 2 is 0.663 bits per heavy atom. The van der Waals surface area contributed by atoms with Crippen LogP contribution in [0.15, 0.2) is 0 Å². The molecule has 5 saturated heterocycles. The third-order valence-electron chi connectivity index (χ3n) is 15.0. The molecule has 0 aromatic heterocycles. The normalized spacial score (nSPS) is 37.5. The topological polar surface area (TPSA) is 570 Å². The number of hydrogen-bond donors (Lipinski definition) is 10. The van der Waals surface area contributed by atoms with Crippen LogP contribution >= 0.6 is 0 Å². The van der Waals surface area contributed by atoms with Crippen LogP contribution in [0, 0.1) is 33.5 Å². The van der Waals surface area contributed by atoms with Crippen molar-refractivity contribution in [3.05, 3.63) is 0 Å². The number of hydrogen-bond acceptors (Lipinski definition) is 34. The van der Waals surface area contributed by atoms with Gasteiger partial charge in [0.1, 0.15) is 110 Å². The quantitative estimate of drug-likeness (QED) is 0.0326. The first-order chi connectivity index (χ1) is 39.3. The molecule has 28 atom stereocenters. The van der Waals surface area contributed by atoms with Gasteiger partial charge in [0, 0.05) is 11.8 Å². The monoisotopic (exact) mass is 1380 g/mol. The van der Waals surface area contributed by atoms with Gasteiger partial charge in [-0.2, -0.15) is 0 Å². The Kier molecular flexibility index (Phi) is 42.1. The van der Waals surface area contributed by atoms with Gasteiger partial charge in [-0.25, -0.2) is 0 Å². The Hall–Kier alpha value is 1.36. The second-order valence-corrected chi connectivity index (χ2v) is 25.7. The summed E-state index contributed by atoms with van der Waals surface area (Å²) in [4.78, 5) is 94.7. The molecule has 5 rings (SSSR count). The second kappa shape index (κ2) is 39.7. The maximum Gasteiger partial charge on any atom is 1.00 e. The number of aldehydes is 2. The van der Waals surface area contributed by atoms with Crippen molar-refractivity contribution in [1.82, 2.24) is 0 Å². The van der Waals surface area contributed by atoms with E-state index >= 15 is 0 Å². The number of aliphatic hydroxyl groups excluding tert-OH is 10. The van der Waals surface area contributed by atoms with Crippen molar-refractivity contribution in [2.75, 3.05) is 0 Å². The zero-order valence-corrected chi connectivity index (χ0v) is 66.6. The van der Waals surface area contributed by atoms with Crippen molar-refractivity contribution >= 4 is 48.4 Å². The predicted molar refractivity (Wildman–Crippen MR) is 258 cm³/mol. The van der Waals surface area contributed by atoms with E-state index in [1.807, 2.05) is 0 Å². The Balaban J connectivity index is -0.00000162.